The minimum Gasteiger partial charge on any atom is -0.430 e. The number of amides is 1. The molecule has 2 heterocycles. The molecule has 0 bridgehead atoms. The monoisotopic (exact) mass is 331 g/mol. The molecule has 0 aliphatic heterocycles. The molecule has 5 nitrogen and oxygen atoms in total. The Kier molecular flexibility index (Phi) is 4.57. The average Bonchev–Trinajstić information content (AvgIpc) is 2.97. The molecule has 0 saturated carbocycles. The number of oxazole rings is 1. The zero-order chi connectivity index (χ0) is 16.2. The smallest absolute Gasteiger partial charge is 0.259 e. The molecule has 3 aromatic rings. The van der Waals surface area contributed by atoms with E-state index in [0.717, 1.165) is 0 Å². The summed E-state index contributed by atoms with van der Waals surface area (Å²) < 4.78 is 18.5. The second-order valence-electron chi connectivity index (χ2n) is 4.82. The largest absolute Gasteiger partial charge is 0.430 e. The Labute approximate surface area is 136 Å². The van der Waals surface area contributed by atoms with E-state index in [1.165, 1.54) is 36.0 Å². The van der Waals surface area contributed by atoms with Gasteiger partial charge in [0.05, 0.1) is 5.25 Å². The molecule has 1 atom stereocenters. The minimum atomic E-state index is -0.367. The Bertz CT molecular complexity index is 787. The Morgan fingerprint density at radius 1 is 1.35 bits per heavy atom. The van der Waals surface area contributed by atoms with Gasteiger partial charge >= 0.3 is 0 Å². The Balaban J connectivity index is 1.71. The molecule has 1 amide bonds. The van der Waals surface area contributed by atoms with E-state index in [4.69, 9.17) is 4.42 Å². The van der Waals surface area contributed by atoms with Crippen LogP contribution in [0.4, 0.5) is 10.1 Å². The van der Waals surface area contributed by atoms with Crippen LogP contribution in [0.5, 0.6) is 0 Å². The number of nitrogens with zero attached hydrogens (tertiary/aromatic N) is 2. The van der Waals surface area contributed by atoms with Gasteiger partial charge in [0, 0.05) is 11.9 Å². The first-order valence-electron chi connectivity index (χ1n) is 7.10. The molecule has 0 aliphatic carbocycles. The molecule has 7 heteroatoms. The maximum atomic E-state index is 12.9. The van der Waals surface area contributed by atoms with Crippen molar-refractivity contribution in [2.24, 2.45) is 0 Å². The van der Waals surface area contributed by atoms with E-state index < -0.39 is 0 Å². The highest BCUT2D eigenvalue weighted by Gasteiger charge is 2.21. The first-order chi connectivity index (χ1) is 11.2. The van der Waals surface area contributed by atoms with Crippen molar-refractivity contribution in [2.75, 3.05) is 5.32 Å². The van der Waals surface area contributed by atoms with E-state index in [-0.39, 0.29) is 17.0 Å². The third-order valence-corrected chi connectivity index (χ3v) is 4.37. The van der Waals surface area contributed by atoms with Gasteiger partial charge in [-0.1, -0.05) is 18.7 Å². The Hall–Kier alpha value is -2.41. The van der Waals surface area contributed by atoms with Crippen molar-refractivity contribution in [2.45, 2.75) is 23.8 Å². The van der Waals surface area contributed by atoms with Gasteiger partial charge in [-0.3, -0.25) is 4.79 Å². The number of thioether (sulfide) groups is 1. The lowest BCUT2D eigenvalue weighted by Crippen LogP contribution is -2.24. The highest BCUT2D eigenvalue weighted by Crippen LogP contribution is 2.28. The van der Waals surface area contributed by atoms with Crippen molar-refractivity contribution in [3.8, 4) is 0 Å². The summed E-state index contributed by atoms with van der Waals surface area (Å²) in [5.74, 6) is -0.525. The zero-order valence-electron chi connectivity index (χ0n) is 12.3. The number of nitrogens with one attached hydrogen (secondary N) is 1. The predicted molar refractivity (Wildman–Crippen MR) is 86.8 cm³/mol. The van der Waals surface area contributed by atoms with Crippen LogP contribution in [0.25, 0.3) is 11.2 Å². The van der Waals surface area contributed by atoms with Crippen molar-refractivity contribution < 1.29 is 13.6 Å². The molecule has 0 fully saturated rings. The van der Waals surface area contributed by atoms with Crippen LogP contribution in [0.2, 0.25) is 0 Å². The normalized spacial score (nSPS) is 12.3. The zero-order valence-corrected chi connectivity index (χ0v) is 13.1. The van der Waals surface area contributed by atoms with Crippen molar-refractivity contribution >= 4 is 34.6 Å². The van der Waals surface area contributed by atoms with Crippen molar-refractivity contribution in [1.29, 1.82) is 0 Å². The lowest BCUT2D eigenvalue weighted by atomic mass is 10.2. The average molecular weight is 331 g/mol. The van der Waals surface area contributed by atoms with Crippen molar-refractivity contribution in [3.05, 3.63) is 48.4 Å². The standard InChI is InChI=1S/C16H14FN3O2S/c1-2-13(15(21)19-11-7-5-10(17)6-8-11)23-16-20-14-12(22-16)4-3-9-18-14/h3-9,13H,2H2,1H3,(H,19,21)/t13-/m1/s1. The molecule has 2 aromatic heterocycles. The van der Waals surface area contributed by atoms with E-state index >= 15 is 0 Å². The summed E-state index contributed by atoms with van der Waals surface area (Å²) in [6.45, 7) is 1.91. The first-order valence-corrected chi connectivity index (χ1v) is 7.98. The maximum absolute atomic E-state index is 12.9. The van der Waals surface area contributed by atoms with Crippen LogP contribution >= 0.6 is 11.8 Å². The molecule has 118 valence electrons. The van der Waals surface area contributed by atoms with Crippen LogP contribution < -0.4 is 5.32 Å². The van der Waals surface area contributed by atoms with E-state index in [2.05, 4.69) is 15.3 Å². The van der Waals surface area contributed by atoms with Gasteiger partial charge in [0.15, 0.2) is 11.2 Å². The van der Waals surface area contributed by atoms with Crippen LogP contribution in [-0.4, -0.2) is 21.1 Å². The Morgan fingerprint density at radius 3 is 2.83 bits per heavy atom. The number of rotatable bonds is 5. The van der Waals surface area contributed by atoms with E-state index in [1.54, 1.807) is 18.3 Å². The summed E-state index contributed by atoms with van der Waals surface area (Å²) in [4.78, 5) is 20.7. The molecule has 0 radical (unpaired) electrons. The van der Waals surface area contributed by atoms with Gasteiger partial charge in [-0.25, -0.2) is 9.37 Å². The quantitative estimate of drug-likeness (QED) is 0.719. The Morgan fingerprint density at radius 2 is 2.13 bits per heavy atom. The number of aromatic nitrogens is 2. The van der Waals surface area contributed by atoms with Gasteiger partial charge in [0.2, 0.25) is 5.91 Å². The molecule has 1 aromatic carbocycles. The number of carbonyl (C=O) groups is 1. The van der Waals surface area contributed by atoms with Crippen molar-refractivity contribution in [3.63, 3.8) is 0 Å². The number of hydrogen-bond donors (Lipinski definition) is 1. The number of carbonyl (C=O) groups excluding carboxylic acids is 1. The van der Waals surface area contributed by atoms with E-state index in [9.17, 15) is 9.18 Å². The lowest BCUT2D eigenvalue weighted by molar-refractivity contribution is -0.115. The summed E-state index contributed by atoms with van der Waals surface area (Å²) in [5, 5.41) is 2.80. The van der Waals surface area contributed by atoms with Crippen LogP contribution in [-0.2, 0) is 4.79 Å². The summed E-state index contributed by atoms with van der Waals surface area (Å²) in [6.07, 6.45) is 2.24. The van der Waals surface area contributed by atoms with Crippen LogP contribution in [0, 0.1) is 5.82 Å². The number of halogens is 1. The highest BCUT2D eigenvalue weighted by atomic mass is 32.2. The van der Waals surface area contributed by atoms with Gasteiger partial charge in [-0.05, 0) is 42.8 Å². The molecule has 23 heavy (non-hydrogen) atoms. The third kappa shape index (κ3) is 3.68. The van der Waals surface area contributed by atoms with Crippen LogP contribution in [0.15, 0.2) is 52.2 Å². The fraction of sp³-hybridized carbons (Fsp3) is 0.188. The number of benzene rings is 1. The highest BCUT2D eigenvalue weighted by molar-refractivity contribution is 8.00. The van der Waals surface area contributed by atoms with Gasteiger partial charge < -0.3 is 9.73 Å². The predicted octanol–water partition coefficient (Wildman–Crippen LogP) is 3.87. The number of anilines is 1. The maximum Gasteiger partial charge on any atom is 0.259 e. The molecular formula is C16H14FN3O2S. The van der Waals surface area contributed by atoms with Gasteiger partial charge in [0.1, 0.15) is 5.82 Å². The lowest BCUT2D eigenvalue weighted by Gasteiger charge is -2.12. The first kappa shape index (κ1) is 15.5. The molecule has 3 rings (SSSR count). The van der Waals surface area contributed by atoms with Crippen molar-refractivity contribution in [1.82, 2.24) is 9.97 Å². The van der Waals surface area contributed by atoms with Gasteiger partial charge in [-0.15, -0.1) is 0 Å². The van der Waals surface area contributed by atoms with Crippen LogP contribution in [0.1, 0.15) is 13.3 Å². The summed E-state index contributed by atoms with van der Waals surface area (Å²) in [6, 6.07) is 9.19. The molecule has 1 N–H and O–H groups in total. The molecular weight excluding hydrogens is 317 g/mol. The van der Waals surface area contributed by atoms with E-state index in [0.29, 0.717) is 28.6 Å². The summed E-state index contributed by atoms with van der Waals surface area (Å²) >= 11 is 1.24. The number of pyridine rings is 1. The second kappa shape index (κ2) is 6.78. The van der Waals surface area contributed by atoms with Crippen LogP contribution in [0.3, 0.4) is 0 Å². The van der Waals surface area contributed by atoms with E-state index in [1.807, 2.05) is 6.92 Å². The SMILES string of the molecule is CC[C@@H](Sc1nc2ncccc2o1)C(=O)Nc1ccc(F)cc1. The fourth-order valence-electron chi connectivity index (χ4n) is 2.00. The summed E-state index contributed by atoms with van der Waals surface area (Å²) in [5.41, 5.74) is 1.65. The second-order valence-corrected chi connectivity index (χ2v) is 5.97. The van der Waals surface area contributed by atoms with Gasteiger partial charge in [0.25, 0.3) is 5.22 Å². The fourth-order valence-corrected chi connectivity index (χ4v) is 2.85. The number of fused-ring (bicyclic) bond motifs is 1. The molecule has 0 unspecified atom stereocenters. The number of hydrogen-bond acceptors (Lipinski definition) is 5. The molecule has 0 aliphatic rings. The summed E-state index contributed by atoms with van der Waals surface area (Å²) in [7, 11) is 0. The van der Waals surface area contributed by atoms with Gasteiger partial charge in [-0.2, -0.15) is 4.98 Å². The molecule has 0 saturated heterocycles. The topological polar surface area (TPSA) is 68.0 Å². The minimum absolute atomic E-state index is 0.181. The molecule has 0 spiro atoms. The third-order valence-electron chi connectivity index (χ3n) is 3.16.